The first kappa shape index (κ1) is 17.6. The molecule has 2 aromatic heterocycles. The van der Waals surface area contributed by atoms with Crippen LogP contribution in [-0.4, -0.2) is 61.8 Å². The van der Waals surface area contributed by atoms with Crippen LogP contribution in [-0.2, 0) is 9.47 Å². The van der Waals surface area contributed by atoms with Crippen molar-refractivity contribution in [2.75, 3.05) is 24.8 Å². The number of aliphatic hydroxyl groups is 2. The molecule has 0 spiro atoms. The summed E-state index contributed by atoms with van der Waals surface area (Å²) in [5.74, 6) is 0.516. The summed E-state index contributed by atoms with van der Waals surface area (Å²) in [6.07, 6.45) is -1.65. The maximum Gasteiger partial charge on any atom is 0.231 e. The fourth-order valence-corrected chi connectivity index (χ4v) is 3.18. The fourth-order valence-electron chi connectivity index (χ4n) is 3.18. The van der Waals surface area contributed by atoms with Crippen molar-refractivity contribution in [3.05, 3.63) is 36.7 Å². The minimum Gasteiger partial charge on any atom is -0.394 e. The standard InChI is InChI=1S/C17H20N6O4/c1-26-13-12(25)10(7-24)27-16(13)23-8-19-11-14(18)21-17(22-15(11)23)20-9-5-3-2-4-6-9/h2-6,8,10,12-13,16,24-25H,7H2,1H3,(H3,18,20,21,22)/t10-,12?,13?,16-/m1/s1. The number of nitrogens with two attached hydrogens (primary N) is 1. The number of aromatic nitrogens is 4. The zero-order chi connectivity index (χ0) is 19.0. The van der Waals surface area contributed by atoms with E-state index in [4.69, 9.17) is 15.2 Å². The fraction of sp³-hybridized carbons (Fsp3) is 0.353. The Morgan fingerprint density at radius 3 is 2.78 bits per heavy atom. The number of nitrogens with one attached hydrogen (secondary N) is 1. The van der Waals surface area contributed by atoms with E-state index in [1.54, 1.807) is 4.57 Å². The Bertz CT molecular complexity index is 934. The molecule has 5 N–H and O–H groups in total. The van der Waals surface area contributed by atoms with E-state index in [1.807, 2.05) is 30.3 Å². The lowest BCUT2D eigenvalue weighted by Gasteiger charge is -2.20. The molecule has 2 unspecified atom stereocenters. The summed E-state index contributed by atoms with van der Waals surface area (Å²) in [7, 11) is 1.47. The predicted molar refractivity (Wildman–Crippen MR) is 97.3 cm³/mol. The third-order valence-corrected chi connectivity index (χ3v) is 4.52. The summed E-state index contributed by atoms with van der Waals surface area (Å²) in [5, 5.41) is 22.8. The van der Waals surface area contributed by atoms with Gasteiger partial charge in [0.15, 0.2) is 17.7 Å². The maximum absolute atomic E-state index is 10.3. The number of aliphatic hydroxyl groups excluding tert-OH is 2. The number of ether oxygens (including phenoxy) is 2. The molecule has 10 nitrogen and oxygen atoms in total. The van der Waals surface area contributed by atoms with Gasteiger partial charge in [-0.05, 0) is 12.1 Å². The number of anilines is 3. The molecule has 0 aliphatic carbocycles. The molecule has 1 fully saturated rings. The van der Waals surface area contributed by atoms with Crippen molar-refractivity contribution in [1.29, 1.82) is 0 Å². The van der Waals surface area contributed by atoms with E-state index in [-0.39, 0.29) is 12.4 Å². The Balaban J connectivity index is 1.74. The number of nitrogens with zero attached hydrogens (tertiary/aromatic N) is 4. The molecule has 0 saturated carbocycles. The van der Waals surface area contributed by atoms with Crippen LogP contribution in [0.15, 0.2) is 36.7 Å². The van der Waals surface area contributed by atoms with Gasteiger partial charge in [0, 0.05) is 12.8 Å². The molecular formula is C17H20N6O4. The number of hydrogen-bond donors (Lipinski definition) is 4. The smallest absolute Gasteiger partial charge is 0.231 e. The largest absolute Gasteiger partial charge is 0.394 e. The van der Waals surface area contributed by atoms with Gasteiger partial charge in [-0.25, -0.2) is 4.98 Å². The van der Waals surface area contributed by atoms with Crippen molar-refractivity contribution in [2.45, 2.75) is 24.5 Å². The number of methoxy groups -OCH3 is 1. The van der Waals surface area contributed by atoms with Crippen molar-refractivity contribution in [3.63, 3.8) is 0 Å². The summed E-state index contributed by atoms with van der Waals surface area (Å²) in [5.41, 5.74) is 7.69. The Morgan fingerprint density at radius 1 is 1.30 bits per heavy atom. The molecule has 3 aromatic rings. The molecule has 0 amide bonds. The quantitative estimate of drug-likeness (QED) is 0.501. The molecule has 3 heterocycles. The molecular weight excluding hydrogens is 352 g/mol. The predicted octanol–water partition coefficient (Wildman–Crippen LogP) is 0.418. The van der Waals surface area contributed by atoms with Crippen LogP contribution in [0.4, 0.5) is 17.5 Å². The zero-order valence-corrected chi connectivity index (χ0v) is 14.6. The second-order valence-electron chi connectivity index (χ2n) is 6.19. The lowest BCUT2D eigenvalue weighted by atomic mass is 10.1. The van der Waals surface area contributed by atoms with Gasteiger partial charge in [-0.15, -0.1) is 0 Å². The Labute approximate surface area is 154 Å². The lowest BCUT2D eigenvalue weighted by Crippen LogP contribution is -2.34. The van der Waals surface area contributed by atoms with E-state index in [9.17, 15) is 10.2 Å². The van der Waals surface area contributed by atoms with Crippen LogP contribution in [0.3, 0.4) is 0 Å². The van der Waals surface area contributed by atoms with E-state index >= 15 is 0 Å². The summed E-state index contributed by atoms with van der Waals surface area (Å²) in [4.78, 5) is 13.0. The molecule has 0 bridgehead atoms. The number of imidazole rings is 1. The van der Waals surface area contributed by atoms with Crippen molar-refractivity contribution < 1.29 is 19.7 Å². The van der Waals surface area contributed by atoms with E-state index < -0.39 is 24.5 Å². The van der Waals surface area contributed by atoms with Gasteiger partial charge in [-0.3, -0.25) is 4.57 Å². The molecule has 4 atom stereocenters. The zero-order valence-electron chi connectivity index (χ0n) is 14.6. The van der Waals surface area contributed by atoms with Gasteiger partial charge in [0.05, 0.1) is 12.9 Å². The van der Waals surface area contributed by atoms with Gasteiger partial charge >= 0.3 is 0 Å². The van der Waals surface area contributed by atoms with Gasteiger partial charge in [-0.1, -0.05) is 18.2 Å². The average Bonchev–Trinajstić information content (AvgIpc) is 3.23. The molecule has 4 rings (SSSR count). The van der Waals surface area contributed by atoms with Crippen molar-refractivity contribution in [2.24, 2.45) is 0 Å². The highest BCUT2D eigenvalue weighted by Crippen LogP contribution is 2.34. The van der Waals surface area contributed by atoms with Gasteiger partial charge in [0.25, 0.3) is 0 Å². The van der Waals surface area contributed by atoms with E-state index in [0.29, 0.717) is 17.1 Å². The maximum atomic E-state index is 10.3. The van der Waals surface area contributed by atoms with Gasteiger partial charge in [0.1, 0.15) is 23.8 Å². The Hall–Kier alpha value is -2.79. The Kier molecular flexibility index (Phi) is 4.62. The minimum absolute atomic E-state index is 0.211. The topological polar surface area (TPSA) is 141 Å². The number of hydrogen-bond acceptors (Lipinski definition) is 9. The van der Waals surface area contributed by atoms with E-state index in [0.717, 1.165) is 5.69 Å². The number of benzene rings is 1. The highest BCUT2D eigenvalue weighted by Gasteiger charge is 2.45. The van der Waals surface area contributed by atoms with E-state index in [1.165, 1.54) is 13.4 Å². The van der Waals surface area contributed by atoms with Crippen LogP contribution in [0.1, 0.15) is 6.23 Å². The Morgan fingerprint density at radius 2 is 2.07 bits per heavy atom. The van der Waals surface area contributed by atoms with Gasteiger partial charge in [0.2, 0.25) is 5.95 Å². The minimum atomic E-state index is -0.983. The number of para-hydroxylation sites is 1. The van der Waals surface area contributed by atoms with Crippen LogP contribution < -0.4 is 11.1 Å². The second-order valence-corrected chi connectivity index (χ2v) is 6.19. The van der Waals surface area contributed by atoms with Gasteiger partial charge in [-0.2, -0.15) is 9.97 Å². The SMILES string of the molecule is COC1C(O)[C@@H](CO)O[C@H]1n1cnc2c(N)nc(Nc3ccccc3)nc21. The normalized spacial score (nSPS) is 25.1. The lowest BCUT2D eigenvalue weighted by molar-refractivity contribution is -0.0583. The molecule has 142 valence electrons. The summed E-state index contributed by atoms with van der Waals surface area (Å²) >= 11 is 0. The molecule has 10 heteroatoms. The summed E-state index contributed by atoms with van der Waals surface area (Å²) < 4.78 is 12.7. The van der Waals surface area contributed by atoms with Crippen molar-refractivity contribution in [3.8, 4) is 0 Å². The van der Waals surface area contributed by atoms with Crippen LogP contribution in [0.5, 0.6) is 0 Å². The van der Waals surface area contributed by atoms with Crippen LogP contribution >= 0.6 is 0 Å². The highest BCUT2D eigenvalue weighted by atomic mass is 16.6. The summed E-state index contributed by atoms with van der Waals surface area (Å²) in [6, 6.07) is 9.44. The second kappa shape index (κ2) is 7.08. The number of rotatable bonds is 5. The van der Waals surface area contributed by atoms with Crippen LogP contribution in [0, 0.1) is 0 Å². The first-order chi connectivity index (χ1) is 13.1. The average molecular weight is 372 g/mol. The third-order valence-electron chi connectivity index (χ3n) is 4.52. The van der Waals surface area contributed by atoms with E-state index in [2.05, 4.69) is 20.3 Å². The van der Waals surface area contributed by atoms with Crippen LogP contribution in [0.2, 0.25) is 0 Å². The molecule has 1 saturated heterocycles. The highest BCUT2D eigenvalue weighted by molar-refractivity contribution is 5.83. The molecule has 1 aliphatic rings. The number of fused-ring (bicyclic) bond motifs is 1. The first-order valence-electron chi connectivity index (χ1n) is 8.41. The molecule has 1 aliphatic heterocycles. The summed E-state index contributed by atoms with van der Waals surface area (Å²) in [6.45, 7) is -0.331. The molecule has 1 aromatic carbocycles. The monoisotopic (exact) mass is 372 g/mol. The number of nitrogen functional groups attached to an aromatic ring is 1. The van der Waals surface area contributed by atoms with Crippen molar-refractivity contribution in [1.82, 2.24) is 19.5 Å². The van der Waals surface area contributed by atoms with Crippen molar-refractivity contribution >= 4 is 28.6 Å². The van der Waals surface area contributed by atoms with Crippen LogP contribution in [0.25, 0.3) is 11.2 Å². The first-order valence-corrected chi connectivity index (χ1v) is 8.41. The molecule has 27 heavy (non-hydrogen) atoms. The van der Waals surface area contributed by atoms with Gasteiger partial charge < -0.3 is 30.7 Å². The molecule has 0 radical (unpaired) electrons. The third kappa shape index (κ3) is 3.08.